The molecule has 0 aliphatic carbocycles. The maximum atomic E-state index is 12.5. The van der Waals surface area contributed by atoms with Gasteiger partial charge in [-0.1, -0.05) is 17.7 Å². The highest BCUT2D eigenvalue weighted by atomic mass is 35.7. The Morgan fingerprint density at radius 1 is 1.25 bits per heavy atom. The fourth-order valence-corrected chi connectivity index (χ4v) is 2.27. The summed E-state index contributed by atoms with van der Waals surface area (Å²) in [7, 11) is 0.858. The van der Waals surface area contributed by atoms with Crippen LogP contribution in [0.1, 0.15) is 11.1 Å². The van der Waals surface area contributed by atoms with E-state index < -0.39 is 32.1 Å². The lowest BCUT2D eigenvalue weighted by Gasteiger charge is -2.11. The lowest BCUT2D eigenvalue weighted by molar-refractivity contribution is -0.138. The quantitative estimate of drug-likeness (QED) is 0.783. The van der Waals surface area contributed by atoms with Gasteiger partial charge in [0, 0.05) is 15.7 Å². The smallest absolute Gasteiger partial charge is 0.212 e. The van der Waals surface area contributed by atoms with Crippen LogP contribution in [0.3, 0.4) is 0 Å². The lowest BCUT2D eigenvalue weighted by atomic mass is 10.1. The largest absolute Gasteiger partial charge is 0.416 e. The normalized spacial score (nSPS) is 12.8. The van der Waals surface area contributed by atoms with Gasteiger partial charge < -0.3 is 0 Å². The first-order valence-corrected chi connectivity index (χ1v) is 6.73. The lowest BCUT2D eigenvalue weighted by Crippen LogP contribution is -2.10. The molecule has 0 amide bonds. The van der Waals surface area contributed by atoms with Crippen LogP contribution >= 0.6 is 22.3 Å². The SMILES string of the molecule is O=S(=O)(Cl)Cc1ccc(Cl)cc1C(F)(F)F. The third-order valence-electron chi connectivity index (χ3n) is 1.71. The molecule has 1 aromatic rings. The number of alkyl halides is 3. The number of hydrogen-bond donors (Lipinski definition) is 0. The van der Waals surface area contributed by atoms with Gasteiger partial charge in [-0.2, -0.15) is 13.2 Å². The van der Waals surface area contributed by atoms with Gasteiger partial charge in [0.05, 0.1) is 11.3 Å². The molecule has 0 N–H and O–H groups in total. The number of hydrogen-bond acceptors (Lipinski definition) is 2. The maximum absolute atomic E-state index is 12.5. The van der Waals surface area contributed by atoms with Crippen molar-refractivity contribution in [3.63, 3.8) is 0 Å². The molecule has 90 valence electrons. The van der Waals surface area contributed by atoms with Gasteiger partial charge in [0.15, 0.2) is 0 Å². The van der Waals surface area contributed by atoms with E-state index in [2.05, 4.69) is 0 Å². The number of benzene rings is 1. The van der Waals surface area contributed by atoms with Gasteiger partial charge in [0.1, 0.15) is 0 Å². The number of rotatable bonds is 2. The molecule has 2 nitrogen and oxygen atoms in total. The van der Waals surface area contributed by atoms with Crippen LogP contribution in [0.5, 0.6) is 0 Å². The first-order valence-electron chi connectivity index (χ1n) is 3.87. The molecule has 1 rings (SSSR count). The minimum Gasteiger partial charge on any atom is -0.212 e. The molecule has 0 atom stereocenters. The molecule has 0 radical (unpaired) electrons. The Hall–Kier alpha value is -0.460. The van der Waals surface area contributed by atoms with Gasteiger partial charge in [-0.25, -0.2) is 8.42 Å². The zero-order valence-corrected chi connectivity index (χ0v) is 9.88. The summed E-state index contributed by atoms with van der Waals surface area (Å²) < 4.78 is 59.0. The summed E-state index contributed by atoms with van der Waals surface area (Å²) >= 11 is 5.41. The van der Waals surface area contributed by atoms with E-state index in [4.69, 9.17) is 22.3 Å². The second-order valence-electron chi connectivity index (χ2n) is 2.98. The molecule has 0 aliphatic rings. The Morgan fingerprint density at radius 3 is 2.25 bits per heavy atom. The number of halogens is 5. The maximum Gasteiger partial charge on any atom is 0.416 e. The minimum atomic E-state index is -4.66. The summed E-state index contributed by atoms with van der Waals surface area (Å²) in [6.07, 6.45) is -4.66. The Balaban J connectivity index is 3.29. The highest BCUT2D eigenvalue weighted by Gasteiger charge is 2.34. The second kappa shape index (κ2) is 4.43. The fourth-order valence-electron chi connectivity index (χ4n) is 1.12. The fraction of sp³-hybridized carbons (Fsp3) is 0.250. The molecule has 1 aromatic carbocycles. The van der Waals surface area contributed by atoms with E-state index in [1.54, 1.807) is 0 Å². The first-order chi connectivity index (χ1) is 7.09. The molecular weight excluding hydrogens is 288 g/mol. The molecule has 0 spiro atoms. The molecule has 0 bridgehead atoms. The molecular formula is C8H5Cl2F3O2S. The third kappa shape index (κ3) is 3.84. The Bertz CT molecular complexity index is 496. The van der Waals surface area contributed by atoms with Gasteiger partial charge in [0.25, 0.3) is 0 Å². The van der Waals surface area contributed by atoms with Crippen molar-refractivity contribution in [1.29, 1.82) is 0 Å². The molecule has 0 saturated heterocycles. The highest BCUT2D eigenvalue weighted by molar-refractivity contribution is 8.13. The Labute approximate surface area is 99.4 Å². The zero-order valence-electron chi connectivity index (χ0n) is 7.55. The molecule has 16 heavy (non-hydrogen) atoms. The summed E-state index contributed by atoms with van der Waals surface area (Å²) in [5.74, 6) is -0.888. The van der Waals surface area contributed by atoms with Crippen molar-refractivity contribution < 1.29 is 21.6 Å². The molecule has 0 fully saturated rings. The van der Waals surface area contributed by atoms with Crippen molar-refractivity contribution in [2.24, 2.45) is 0 Å². The summed E-state index contributed by atoms with van der Waals surface area (Å²) in [5.41, 5.74) is -1.52. The van der Waals surface area contributed by atoms with Crippen molar-refractivity contribution in [2.45, 2.75) is 11.9 Å². The van der Waals surface area contributed by atoms with Gasteiger partial charge in [-0.15, -0.1) is 0 Å². The molecule has 0 heterocycles. The molecule has 0 saturated carbocycles. The predicted octanol–water partition coefficient (Wildman–Crippen LogP) is 3.43. The second-order valence-corrected chi connectivity index (χ2v) is 6.20. The van der Waals surface area contributed by atoms with Crippen molar-refractivity contribution in [3.8, 4) is 0 Å². The van der Waals surface area contributed by atoms with E-state index in [1.165, 1.54) is 6.07 Å². The van der Waals surface area contributed by atoms with Crippen LogP contribution in [-0.4, -0.2) is 8.42 Å². The van der Waals surface area contributed by atoms with Gasteiger partial charge in [-0.05, 0) is 17.7 Å². The molecule has 0 aliphatic heterocycles. The van der Waals surface area contributed by atoms with Crippen molar-refractivity contribution in [1.82, 2.24) is 0 Å². The Kier molecular flexibility index (Phi) is 3.76. The van der Waals surface area contributed by atoms with Gasteiger partial charge >= 0.3 is 6.18 Å². The first kappa shape index (κ1) is 13.6. The van der Waals surface area contributed by atoms with E-state index in [1.807, 2.05) is 0 Å². The van der Waals surface area contributed by atoms with Crippen LogP contribution in [0.4, 0.5) is 13.2 Å². The zero-order chi connectivity index (χ0) is 12.6. The van der Waals surface area contributed by atoms with E-state index in [0.29, 0.717) is 6.07 Å². The van der Waals surface area contributed by atoms with Crippen LogP contribution in [0.15, 0.2) is 18.2 Å². The van der Waals surface area contributed by atoms with Crippen LogP contribution < -0.4 is 0 Å². The van der Waals surface area contributed by atoms with Crippen LogP contribution in [0.2, 0.25) is 5.02 Å². The van der Waals surface area contributed by atoms with E-state index in [0.717, 1.165) is 6.07 Å². The summed E-state index contributed by atoms with van der Waals surface area (Å²) in [6.45, 7) is 0. The molecule has 8 heteroatoms. The van der Waals surface area contributed by atoms with Crippen molar-refractivity contribution in [2.75, 3.05) is 0 Å². The van der Waals surface area contributed by atoms with Crippen LogP contribution in [0, 0.1) is 0 Å². The Morgan fingerprint density at radius 2 is 1.81 bits per heavy atom. The average molecular weight is 293 g/mol. The monoisotopic (exact) mass is 292 g/mol. The van der Waals surface area contributed by atoms with Gasteiger partial charge in [-0.3, -0.25) is 0 Å². The van der Waals surface area contributed by atoms with E-state index in [-0.39, 0.29) is 5.02 Å². The summed E-state index contributed by atoms with van der Waals surface area (Å²) in [6, 6.07) is 2.83. The topological polar surface area (TPSA) is 34.1 Å². The summed E-state index contributed by atoms with van der Waals surface area (Å²) in [5, 5.41) is -0.122. The van der Waals surface area contributed by atoms with Crippen LogP contribution in [0.25, 0.3) is 0 Å². The average Bonchev–Trinajstić information content (AvgIpc) is 2.04. The van der Waals surface area contributed by atoms with Crippen LogP contribution in [-0.2, 0) is 21.0 Å². The molecule has 0 unspecified atom stereocenters. The standard InChI is InChI=1S/C8H5Cl2F3O2S/c9-6-2-1-5(4-16(10,14)15)7(3-6)8(11,12)13/h1-3H,4H2. The minimum absolute atomic E-state index is 0.122. The predicted molar refractivity (Wildman–Crippen MR) is 54.9 cm³/mol. The highest BCUT2D eigenvalue weighted by Crippen LogP contribution is 2.34. The molecule has 0 aromatic heterocycles. The third-order valence-corrected chi connectivity index (χ3v) is 2.92. The van der Waals surface area contributed by atoms with Gasteiger partial charge in [0.2, 0.25) is 9.05 Å². The van der Waals surface area contributed by atoms with E-state index in [9.17, 15) is 21.6 Å². The summed E-state index contributed by atoms with van der Waals surface area (Å²) in [4.78, 5) is 0. The van der Waals surface area contributed by atoms with Crippen molar-refractivity contribution in [3.05, 3.63) is 34.3 Å². The van der Waals surface area contributed by atoms with E-state index >= 15 is 0 Å². The van der Waals surface area contributed by atoms with Crippen molar-refractivity contribution >= 4 is 31.3 Å².